The Labute approximate surface area is 131 Å². The molecular weight excluding hydrogens is 278 g/mol. The van der Waals surface area contributed by atoms with E-state index in [-0.39, 0.29) is 17.2 Å². The predicted molar refractivity (Wildman–Crippen MR) is 85.6 cm³/mol. The highest BCUT2D eigenvalue weighted by Crippen LogP contribution is 2.50. The second-order valence-corrected chi connectivity index (χ2v) is 6.29. The van der Waals surface area contributed by atoms with Crippen molar-refractivity contribution < 1.29 is 14.3 Å². The number of methoxy groups -OCH3 is 2. The number of hydrogen-bond acceptors (Lipinski definition) is 4. The molecule has 2 atom stereocenters. The van der Waals surface area contributed by atoms with E-state index in [1.54, 1.807) is 14.2 Å². The number of fused-ring (bicyclic) bond motifs is 1. The first-order valence-corrected chi connectivity index (χ1v) is 7.67. The Kier molecular flexibility index (Phi) is 3.73. The Morgan fingerprint density at radius 1 is 1.23 bits per heavy atom. The zero-order chi connectivity index (χ0) is 15.9. The van der Waals surface area contributed by atoms with Gasteiger partial charge in [-0.15, -0.1) is 0 Å². The monoisotopic (exact) mass is 301 g/mol. The van der Waals surface area contributed by atoms with Crippen molar-refractivity contribution in [1.82, 2.24) is 4.90 Å². The van der Waals surface area contributed by atoms with E-state index in [2.05, 4.69) is 31.0 Å². The highest BCUT2D eigenvalue weighted by molar-refractivity contribution is 5.93. The fourth-order valence-electron chi connectivity index (χ4n) is 4.14. The molecule has 0 N–H and O–H groups in total. The lowest BCUT2D eigenvalue weighted by atomic mass is 9.65. The number of nitrogens with zero attached hydrogens (tertiary/aromatic N) is 1. The SMILES string of the molecule is COc1ccc(C23CCN(C)C2CC(=O)C=C3C)cc1OC. The van der Waals surface area contributed by atoms with E-state index in [1.165, 1.54) is 5.56 Å². The molecule has 1 aliphatic heterocycles. The molecule has 1 heterocycles. The minimum Gasteiger partial charge on any atom is -0.493 e. The number of benzene rings is 1. The maximum Gasteiger partial charge on any atom is 0.161 e. The Bertz CT molecular complexity index is 637. The first kappa shape index (κ1) is 15.1. The molecule has 0 spiro atoms. The zero-order valence-corrected chi connectivity index (χ0v) is 13.7. The summed E-state index contributed by atoms with van der Waals surface area (Å²) in [5, 5.41) is 0. The summed E-state index contributed by atoms with van der Waals surface area (Å²) in [6.45, 7) is 3.08. The van der Waals surface area contributed by atoms with Crippen molar-refractivity contribution in [2.45, 2.75) is 31.2 Å². The first-order chi connectivity index (χ1) is 10.5. The standard InChI is InChI=1S/C18H23NO3/c1-12-9-14(20)11-17-18(12,7-8-19(17)2)13-5-6-15(21-3)16(10-13)22-4/h5-6,9-10,17H,7-8,11H2,1-4H3. The summed E-state index contributed by atoms with van der Waals surface area (Å²) >= 11 is 0. The minimum atomic E-state index is -0.0950. The van der Waals surface area contributed by atoms with Crippen LogP contribution in [-0.2, 0) is 10.2 Å². The lowest BCUT2D eigenvalue weighted by Gasteiger charge is -2.41. The molecule has 1 aromatic rings. The average Bonchev–Trinajstić information content (AvgIpc) is 2.85. The van der Waals surface area contributed by atoms with Crippen molar-refractivity contribution in [3.8, 4) is 11.5 Å². The van der Waals surface area contributed by atoms with E-state index in [1.807, 2.05) is 12.1 Å². The summed E-state index contributed by atoms with van der Waals surface area (Å²) in [7, 11) is 5.41. The molecule has 4 nitrogen and oxygen atoms in total. The van der Waals surface area contributed by atoms with Crippen LogP contribution in [0, 0.1) is 0 Å². The van der Waals surface area contributed by atoms with Gasteiger partial charge in [0, 0.05) is 17.9 Å². The molecule has 2 unspecified atom stereocenters. The average molecular weight is 301 g/mol. The number of carbonyl (C=O) groups excluding carboxylic acids is 1. The molecule has 0 radical (unpaired) electrons. The molecule has 22 heavy (non-hydrogen) atoms. The van der Waals surface area contributed by atoms with Gasteiger partial charge in [-0.05, 0) is 50.7 Å². The normalized spacial score (nSPS) is 28.3. The van der Waals surface area contributed by atoms with Crippen LogP contribution in [0.5, 0.6) is 11.5 Å². The molecule has 2 aliphatic rings. The third-order valence-corrected chi connectivity index (χ3v) is 5.33. The van der Waals surface area contributed by atoms with E-state index in [9.17, 15) is 4.79 Å². The number of allylic oxidation sites excluding steroid dienone is 1. The van der Waals surface area contributed by atoms with Crippen molar-refractivity contribution in [2.24, 2.45) is 0 Å². The van der Waals surface area contributed by atoms with Crippen molar-refractivity contribution in [1.29, 1.82) is 0 Å². The Balaban J connectivity index is 2.15. The molecule has 1 fully saturated rings. The van der Waals surface area contributed by atoms with Gasteiger partial charge in [0.1, 0.15) is 0 Å². The van der Waals surface area contributed by atoms with Gasteiger partial charge in [0.05, 0.1) is 14.2 Å². The van der Waals surface area contributed by atoms with Crippen LogP contribution >= 0.6 is 0 Å². The number of hydrogen-bond donors (Lipinski definition) is 0. The van der Waals surface area contributed by atoms with Crippen molar-refractivity contribution in [2.75, 3.05) is 27.8 Å². The fourth-order valence-corrected chi connectivity index (χ4v) is 4.14. The summed E-state index contributed by atoms with van der Waals surface area (Å²) in [6, 6.07) is 6.36. The number of rotatable bonds is 3. The second kappa shape index (κ2) is 5.43. The van der Waals surface area contributed by atoms with Gasteiger partial charge in [0.15, 0.2) is 17.3 Å². The van der Waals surface area contributed by atoms with E-state index in [4.69, 9.17) is 9.47 Å². The number of carbonyl (C=O) groups is 1. The second-order valence-electron chi connectivity index (χ2n) is 6.29. The van der Waals surface area contributed by atoms with Crippen LogP contribution in [-0.4, -0.2) is 44.5 Å². The van der Waals surface area contributed by atoms with Gasteiger partial charge >= 0.3 is 0 Å². The van der Waals surface area contributed by atoms with E-state index in [0.717, 1.165) is 30.0 Å². The van der Waals surface area contributed by atoms with Gasteiger partial charge in [-0.3, -0.25) is 4.79 Å². The molecule has 1 aromatic carbocycles. The van der Waals surface area contributed by atoms with Crippen LogP contribution in [0.2, 0.25) is 0 Å². The van der Waals surface area contributed by atoms with Crippen LogP contribution < -0.4 is 9.47 Å². The van der Waals surface area contributed by atoms with Crippen LogP contribution in [0.3, 0.4) is 0 Å². The maximum absolute atomic E-state index is 12.0. The highest BCUT2D eigenvalue weighted by atomic mass is 16.5. The lowest BCUT2D eigenvalue weighted by Crippen LogP contribution is -2.46. The molecule has 1 saturated heterocycles. The third-order valence-electron chi connectivity index (χ3n) is 5.33. The summed E-state index contributed by atoms with van der Waals surface area (Å²) in [6.07, 6.45) is 3.44. The van der Waals surface area contributed by atoms with Gasteiger partial charge in [-0.2, -0.15) is 0 Å². The van der Waals surface area contributed by atoms with Gasteiger partial charge in [-0.25, -0.2) is 0 Å². The molecule has 0 bridgehead atoms. The summed E-state index contributed by atoms with van der Waals surface area (Å²) < 4.78 is 10.8. The van der Waals surface area contributed by atoms with Gasteiger partial charge in [0.25, 0.3) is 0 Å². The smallest absolute Gasteiger partial charge is 0.161 e. The Hall–Kier alpha value is -1.81. The van der Waals surface area contributed by atoms with Gasteiger partial charge in [-0.1, -0.05) is 11.6 Å². The summed E-state index contributed by atoms with van der Waals surface area (Å²) in [5.41, 5.74) is 2.27. The van der Waals surface area contributed by atoms with Crippen LogP contribution in [0.4, 0.5) is 0 Å². The zero-order valence-electron chi connectivity index (χ0n) is 13.7. The van der Waals surface area contributed by atoms with Crippen molar-refractivity contribution >= 4 is 5.78 Å². The van der Waals surface area contributed by atoms with E-state index >= 15 is 0 Å². The fraction of sp³-hybridized carbons (Fsp3) is 0.500. The molecule has 1 aliphatic carbocycles. The number of ether oxygens (including phenoxy) is 2. The quantitative estimate of drug-likeness (QED) is 0.860. The molecule has 0 aromatic heterocycles. The molecular formula is C18H23NO3. The molecule has 4 heteroatoms. The maximum atomic E-state index is 12.0. The van der Waals surface area contributed by atoms with Crippen LogP contribution in [0.25, 0.3) is 0 Å². The molecule has 118 valence electrons. The number of likely N-dealkylation sites (N-methyl/N-ethyl adjacent to an activating group) is 1. The number of likely N-dealkylation sites (tertiary alicyclic amines) is 1. The largest absolute Gasteiger partial charge is 0.493 e. The summed E-state index contributed by atoms with van der Waals surface area (Å²) in [5.74, 6) is 1.71. The molecule has 0 amide bonds. The van der Waals surface area contributed by atoms with Crippen LogP contribution in [0.15, 0.2) is 29.8 Å². The highest BCUT2D eigenvalue weighted by Gasteiger charge is 2.51. The Morgan fingerprint density at radius 2 is 1.95 bits per heavy atom. The molecule has 3 rings (SSSR count). The number of ketones is 1. The summed E-state index contributed by atoms with van der Waals surface area (Å²) in [4.78, 5) is 14.3. The van der Waals surface area contributed by atoms with E-state index in [0.29, 0.717) is 6.42 Å². The molecule has 0 saturated carbocycles. The third kappa shape index (κ3) is 2.05. The lowest BCUT2D eigenvalue weighted by molar-refractivity contribution is -0.116. The first-order valence-electron chi connectivity index (χ1n) is 7.67. The van der Waals surface area contributed by atoms with Crippen molar-refractivity contribution in [3.05, 3.63) is 35.4 Å². The van der Waals surface area contributed by atoms with E-state index < -0.39 is 0 Å². The Morgan fingerprint density at radius 3 is 2.64 bits per heavy atom. The predicted octanol–water partition coefficient (Wildman–Crippen LogP) is 2.56. The van der Waals surface area contributed by atoms with Gasteiger partial charge in [0.2, 0.25) is 0 Å². The van der Waals surface area contributed by atoms with Crippen LogP contribution in [0.1, 0.15) is 25.3 Å². The van der Waals surface area contributed by atoms with Gasteiger partial charge < -0.3 is 14.4 Å². The topological polar surface area (TPSA) is 38.8 Å². The minimum absolute atomic E-state index is 0.0950. The van der Waals surface area contributed by atoms with Crippen molar-refractivity contribution in [3.63, 3.8) is 0 Å².